The fourth-order valence-corrected chi connectivity index (χ4v) is 4.80. The predicted molar refractivity (Wildman–Crippen MR) is 142 cm³/mol. The summed E-state index contributed by atoms with van der Waals surface area (Å²) in [7, 11) is 1.78. The molecule has 1 aromatic carbocycles. The van der Waals surface area contributed by atoms with Crippen molar-refractivity contribution in [2.24, 2.45) is 0 Å². The maximum atomic E-state index is 10.0. The van der Waals surface area contributed by atoms with Crippen LogP contribution in [0.5, 0.6) is 5.75 Å². The molecule has 0 saturated carbocycles. The van der Waals surface area contributed by atoms with E-state index in [2.05, 4.69) is 26.4 Å². The van der Waals surface area contributed by atoms with Crippen molar-refractivity contribution in [2.45, 2.75) is 40.0 Å². The number of nitrogens with zero attached hydrogens (tertiary/aromatic N) is 5. The van der Waals surface area contributed by atoms with Gasteiger partial charge in [0.15, 0.2) is 5.82 Å². The minimum Gasteiger partial charge on any atom is -0.491 e. The number of aliphatic hydroxyl groups is 1. The third-order valence-electron chi connectivity index (χ3n) is 6.44. The maximum Gasteiger partial charge on any atom is 0.163 e. The van der Waals surface area contributed by atoms with E-state index in [4.69, 9.17) is 30.8 Å². The third-order valence-corrected chi connectivity index (χ3v) is 6.77. The second kappa shape index (κ2) is 10.5. The van der Waals surface area contributed by atoms with Gasteiger partial charge in [-0.15, -0.1) is 0 Å². The summed E-state index contributed by atoms with van der Waals surface area (Å²) in [6.07, 6.45) is 1.18. The number of rotatable bonds is 8. The van der Waals surface area contributed by atoms with Crippen molar-refractivity contribution < 1.29 is 14.4 Å². The molecule has 0 saturated heterocycles. The lowest BCUT2D eigenvalue weighted by molar-refractivity contribution is 0.108. The van der Waals surface area contributed by atoms with E-state index in [0.717, 1.165) is 34.0 Å². The van der Waals surface area contributed by atoms with E-state index < -0.39 is 6.10 Å². The number of halogens is 1. The molecule has 0 bridgehead atoms. The summed E-state index contributed by atoms with van der Waals surface area (Å²) in [5.41, 5.74) is 6.10. The topological polar surface area (TPSA) is 109 Å². The zero-order valence-corrected chi connectivity index (χ0v) is 22.0. The number of likely N-dealkylation sites (N-methyl/N-ethyl adjacent to an activating group) is 1. The van der Waals surface area contributed by atoms with E-state index in [1.807, 2.05) is 33.0 Å². The normalized spacial score (nSPS) is 13.6. The third kappa shape index (κ3) is 5.02. The molecule has 4 heterocycles. The Kier molecular flexibility index (Phi) is 7.10. The number of pyridine rings is 1. The molecule has 4 aromatic rings. The summed E-state index contributed by atoms with van der Waals surface area (Å²) in [6.45, 7) is 7.71. The number of anilines is 1. The van der Waals surface area contributed by atoms with Crippen molar-refractivity contribution in [3.8, 4) is 28.4 Å². The van der Waals surface area contributed by atoms with Crippen molar-refractivity contribution in [1.82, 2.24) is 25.4 Å². The highest BCUT2D eigenvalue weighted by Gasteiger charge is 2.27. The van der Waals surface area contributed by atoms with Gasteiger partial charge in [0, 0.05) is 30.4 Å². The van der Waals surface area contributed by atoms with E-state index in [1.165, 1.54) is 5.56 Å². The number of aryl methyl sites for hydroxylation is 2. The summed E-state index contributed by atoms with van der Waals surface area (Å²) in [5.74, 6) is 2.51. The zero-order valence-electron chi connectivity index (χ0n) is 21.2. The van der Waals surface area contributed by atoms with Crippen LogP contribution in [0.25, 0.3) is 22.6 Å². The van der Waals surface area contributed by atoms with Crippen molar-refractivity contribution in [1.29, 1.82) is 0 Å². The van der Waals surface area contributed by atoms with Crippen molar-refractivity contribution in [3.05, 3.63) is 69.8 Å². The second-order valence-electron chi connectivity index (χ2n) is 9.17. The molecule has 10 heteroatoms. The van der Waals surface area contributed by atoms with Crippen LogP contribution in [-0.2, 0) is 13.1 Å². The lowest BCUT2D eigenvalue weighted by Gasteiger charge is -2.22. The Morgan fingerprint density at radius 3 is 2.76 bits per heavy atom. The second-order valence-corrected chi connectivity index (χ2v) is 9.58. The minimum atomic E-state index is -0.636. The van der Waals surface area contributed by atoms with E-state index in [-0.39, 0.29) is 6.61 Å². The fourth-order valence-electron chi connectivity index (χ4n) is 4.60. The molecular weight excluding hydrogens is 492 g/mol. The van der Waals surface area contributed by atoms with E-state index in [9.17, 15) is 5.11 Å². The first kappa shape index (κ1) is 25.1. The Labute approximate surface area is 220 Å². The van der Waals surface area contributed by atoms with Crippen LogP contribution in [0.3, 0.4) is 0 Å². The molecule has 1 unspecified atom stereocenters. The van der Waals surface area contributed by atoms with Crippen LogP contribution in [-0.4, -0.2) is 51.5 Å². The minimum absolute atomic E-state index is 0.144. The molecule has 0 aliphatic carbocycles. The Morgan fingerprint density at radius 2 is 2.03 bits per heavy atom. The quantitative estimate of drug-likeness (QED) is 0.352. The average Bonchev–Trinajstić information content (AvgIpc) is 3.46. The Hall–Kier alpha value is -3.53. The lowest BCUT2D eigenvalue weighted by Crippen LogP contribution is -2.29. The first-order valence-electron chi connectivity index (χ1n) is 12.1. The summed E-state index contributed by atoms with van der Waals surface area (Å²) in [5, 5.41) is 17.6. The predicted octanol–water partition coefficient (Wildman–Crippen LogP) is 4.25. The van der Waals surface area contributed by atoms with Crippen LogP contribution < -0.4 is 15.0 Å². The summed E-state index contributed by atoms with van der Waals surface area (Å²) >= 11 is 6.66. The van der Waals surface area contributed by atoms with Crippen LogP contribution in [0.15, 0.2) is 41.1 Å². The van der Waals surface area contributed by atoms with Gasteiger partial charge < -0.3 is 24.6 Å². The Bertz CT molecular complexity index is 1400. The molecule has 192 valence electrons. The molecular formula is C27H29ClN6O3. The van der Waals surface area contributed by atoms with E-state index in [0.29, 0.717) is 47.6 Å². The zero-order chi connectivity index (χ0) is 26.1. The molecule has 37 heavy (non-hydrogen) atoms. The van der Waals surface area contributed by atoms with Crippen LogP contribution in [0, 0.1) is 20.8 Å². The number of benzene rings is 1. The highest BCUT2D eigenvalue weighted by molar-refractivity contribution is 6.33. The number of fused-ring (bicyclic) bond motifs is 1. The van der Waals surface area contributed by atoms with E-state index >= 15 is 0 Å². The fraction of sp³-hybridized carbons (Fsp3) is 0.333. The lowest BCUT2D eigenvalue weighted by atomic mass is 10.0. The molecule has 2 N–H and O–H groups in total. The van der Waals surface area contributed by atoms with Crippen molar-refractivity contribution >= 4 is 17.4 Å². The molecule has 0 spiro atoms. The summed E-state index contributed by atoms with van der Waals surface area (Å²) < 4.78 is 11.3. The van der Waals surface area contributed by atoms with Crippen molar-refractivity contribution in [2.75, 3.05) is 25.1 Å². The number of aliphatic hydroxyl groups excluding tert-OH is 1. The van der Waals surface area contributed by atoms with Gasteiger partial charge in [0.1, 0.15) is 30.0 Å². The molecule has 0 fully saturated rings. The summed E-state index contributed by atoms with van der Waals surface area (Å²) in [6, 6.07) is 9.37. The molecule has 1 aliphatic heterocycles. The van der Waals surface area contributed by atoms with Crippen LogP contribution in [0.2, 0.25) is 5.02 Å². The molecule has 1 atom stereocenters. The van der Waals surface area contributed by atoms with Crippen LogP contribution in [0.1, 0.15) is 28.3 Å². The first-order chi connectivity index (χ1) is 17.9. The highest BCUT2D eigenvalue weighted by atomic mass is 35.5. The van der Waals surface area contributed by atoms with Gasteiger partial charge in [0.25, 0.3) is 0 Å². The smallest absolute Gasteiger partial charge is 0.163 e. The van der Waals surface area contributed by atoms with Crippen molar-refractivity contribution in [3.63, 3.8) is 0 Å². The Balaban J connectivity index is 1.60. The molecule has 1 aliphatic rings. The van der Waals surface area contributed by atoms with Gasteiger partial charge in [0.05, 0.1) is 34.2 Å². The summed E-state index contributed by atoms with van der Waals surface area (Å²) in [4.78, 5) is 16.7. The highest BCUT2D eigenvalue weighted by Crippen LogP contribution is 2.38. The Morgan fingerprint density at radius 1 is 1.19 bits per heavy atom. The van der Waals surface area contributed by atoms with Gasteiger partial charge in [-0.2, -0.15) is 0 Å². The number of hydrogen-bond donors (Lipinski definition) is 2. The number of nitrogens with one attached hydrogen (secondary N) is 1. The maximum absolute atomic E-state index is 10.0. The molecule has 3 aromatic heterocycles. The molecule has 0 amide bonds. The van der Waals surface area contributed by atoms with Crippen LogP contribution in [0.4, 0.5) is 5.82 Å². The van der Waals surface area contributed by atoms with Crippen LogP contribution >= 0.6 is 11.6 Å². The number of hydrogen-bond acceptors (Lipinski definition) is 9. The first-order valence-corrected chi connectivity index (χ1v) is 12.5. The molecule has 0 radical (unpaired) electrons. The van der Waals surface area contributed by atoms with Gasteiger partial charge in [-0.1, -0.05) is 22.8 Å². The van der Waals surface area contributed by atoms with Gasteiger partial charge in [-0.05, 0) is 57.6 Å². The SMILES string of the molecule is CNCC(O)COc1ccc(Cl)c(-c2nc(-c3c(C)noc3C)c(C)c(N3Cc4cccnc4C3)n2)c1. The standard InChI is InChI=1S/C27H29ClN6O3/c1-15-25(24-16(2)33-37-17(24)3)31-26(32-27(15)34-12-18-6-5-9-30-23(18)13-34)21-10-20(7-8-22(21)28)36-14-19(35)11-29-4/h5-10,19,29,35H,11-14H2,1-4H3. The van der Waals surface area contributed by atoms with Gasteiger partial charge in [-0.25, -0.2) is 9.97 Å². The van der Waals surface area contributed by atoms with Gasteiger partial charge in [-0.3, -0.25) is 4.98 Å². The largest absolute Gasteiger partial charge is 0.491 e. The molecule has 5 rings (SSSR count). The van der Waals surface area contributed by atoms with E-state index in [1.54, 1.807) is 25.2 Å². The number of ether oxygens (including phenoxy) is 1. The monoisotopic (exact) mass is 520 g/mol. The number of aromatic nitrogens is 4. The molecule has 9 nitrogen and oxygen atoms in total. The average molecular weight is 521 g/mol. The van der Waals surface area contributed by atoms with Gasteiger partial charge in [0.2, 0.25) is 0 Å². The van der Waals surface area contributed by atoms with Gasteiger partial charge >= 0.3 is 0 Å².